The number of rotatable bonds is 51. The first kappa shape index (κ1) is 63.1. The van der Waals surface area contributed by atoms with E-state index in [9.17, 15) is 14.4 Å². The van der Waals surface area contributed by atoms with E-state index in [2.05, 4.69) is 81.5 Å². The van der Waals surface area contributed by atoms with Gasteiger partial charge in [-0.2, -0.15) is 0 Å². The van der Waals surface area contributed by atoms with Gasteiger partial charge in [-0.1, -0.05) is 242 Å². The molecule has 66 heavy (non-hydrogen) atoms. The minimum Gasteiger partial charge on any atom is -0.462 e. The predicted octanol–water partition coefficient (Wildman–Crippen LogP) is 18.8. The Bertz CT molecular complexity index is 1200. The van der Waals surface area contributed by atoms with Crippen LogP contribution in [0.2, 0.25) is 0 Å². The molecule has 0 saturated heterocycles. The Morgan fingerprint density at radius 2 is 0.561 bits per heavy atom. The fourth-order valence-electron chi connectivity index (χ4n) is 7.94. The number of allylic oxidation sites excluding steroid dienone is 10. The molecule has 0 unspecified atom stereocenters. The first-order valence-corrected chi connectivity index (χ1v) is 28.3. The molecule has 0 bridgehead atoms. The molecule has 1 atom stereocenters. The largest absolute Gasteiger partial charge is 0.462 e. The summed E-state index contributed by atoms with van der Waals surface area (Å²) in [6, 6.07) is 0. The van der Waals surface area contributed by atoms with Crippen molar-refractivity contribution in [3.05, 3.63) is 60.8 Å². The highest BCUT2D eigenvalue weighted by molar-refractivity contribution is 5.71. The molecular weight excluding hydrogens is 817 g/mol. The van der Waals surface area contributed by atoms with Crippen LogP contribution in [0.3, 0.4) is 0 Å². The van der Waals surface area contributed by atoms with Crippen molar-refractivity contribution >= 4 is 17.9 Å². The van der Waals surface area contributed by atoms with E-state index in [1.54, 1.807) is 0 Å². The molecule has 0 aliphatic heterocycles. The zero-order valence-electron chi connectivity index (χ0n) is 43.7. The summed E-state index contributed by atoms with van der Waals surface area (Å²) in [7, 11) is 0. The number of carbonyl (C=O) groups excluding carboxylic acids is 3. The molecule has 0 radical (unpaired) electrons. The van der Waals surface area contributed by atoms with Gasteiger partial charge in [-0.15, -0.1) is 0 Å². The van der Waals surface area contributed by atoms with E-state index < -0.39 is 6.10 Å². The van der Waals surface area contributed by atoms with E-state index in [1.165, 1.54) is 148 Å². The van der Waals surface area contributed by atoms with E-state index in [1.807, 2.05) is 0 Å². The quantitative estimate of drug-likeness (QED) is 0.0262. The summed E-state index contributed by atoms with van der Waals surface area (Å²) in [5.74, 6) is -0.935. The highest BCUT2D eigenvalue weighted by Gasteiger charge is 2.19. The molecule has 0 aromatic heterocycles. The van der Waals surface area contributed by atoms with Crippen LogP contribution >= 0.6 is 0 Å². The van der Waals surface area contributed by atoms with Crippen LogP contribution < -0.4 is 0 Å². The van der Waals surface area contributed by atoms with Crippen LogP contribution in [-0.4, -0.2) is 37.2 Å². The number of ether oxygens (including phenoxy) is 3. The summed E-state index contributed by atoms with van der Waals surface area (Å²) >= 11 is 0. The zero-order chi connectivity index (χ0) is 47.9. The third kappa shape index (κ3) is 52.1. The maximum absolute atomic E-state index is 12.8. The first-order chi connectivity index (χ1) is 32.5. The lowest BCUT2D eigenvalue weighted by atomic mass is 10.0. The Kier molecular flexibility index (Phi) is 52.3. The van der Waals surface area contributed by atoms with Crippen molar-refractivity contribution in [2.24, 2.45) is 0 Å². The molecule has 0 aliphatic rings. The second kappa shape index (κ2) is 54.7. The van der Waals surface area contributed by atoms with E-state index in [4.69, 9.17) is 14.2 Å². The topological polar surface area (TPSA) is 78.9 Å². The highest BCUT2D eigenvalue weighted by atomic mass is 16.6. The van der Waals surface area contributed by atoms with Crippen molar-refractivity contribution < 1.29 is 28.6 Å². The van der Waals surface area contributed by atoms with Gasteiger partial charge in [-0.05, 0) is 83.5 Å². The second-order valence-corrected chi connectivity index (χ2v) is 18.8. The Balaban J connectivity index is 4.40. The van der Waals surface area contributed by atoms with Gasteiger partial charge < -0.3 is 14.2 Å². The molecule has 0 rings (SSSR count). The summed E-state index contributed by atoms with van der Waals surface area (Å²) < 4.78 is 16.8. The molecular formula is C60H106O6. The maximum atomic E-state index is 12.8. The van der Waals surface area contributed by atoms with E-state index in [-0.39, 0.29) is 37.5 Å². The fraction of sp³-hybridized carbons (Fsp3) is 0.783. The van der Waals surface area contributed by atoms with E-state index >= 15 is 0 Å². The standard InChI is InChI=1S/C60H106O6/c1-4-7-10-13-16-19-22-25-28-29-30-31-33-35-38-41-44-47-50-53-59(62)65-56-57(55-64-58(61)52-49-46-43-40-37-34-27-24-21-18-15-12-9-6-3)66-60(63)54-51-48-45-42-39-36-32-26-23-20-17-14-11-8-5-2/h15,17-18,20,24,26-27,32,39,42,57H,4-14,16,19,21-23,25,28-31,33-38,40-41,43-56H2,1-3H3/b18-15-,20-17-,27-24-,32-26-,42-39-/t57-/m1/s1. The molecule has 0 heterocycles. The molecule has 0 fully saturated rings. The molecule has 0 aromatic carbocycles. The average Bonchev–Trinajstić information content (AvgIpc) is 3.31. The lowest BCUT2D eigenvalue weighted by molar-refractivity contribution is -0.167. The van der Waals surface area contributed by atoms with Crippen molar-refractivity contribution in [2.45, 2.75) is 290 Å². The van der Waals surface area contributed by atoms with Crippen molar-refractivity contribution in [3.8, 4) is 0 Å². The van der Waals surface area contributed by atoms with E-state index in [0.717, 1.165) is 89.9 Å². The number of hydrogen-bond acceptors (Lipinski definition) is 6. The van der Waals surface area contributed by atoms with Gasteiger partial charge in [0.2, 0.25) is 0 Å². The molecule has 0 amide bonds. The summed E-state index contributed by atoms with van der Waals surface area (Å²) in [4.78, 5) is 38.1. The van der Waals surface area contributed by atoms with Crippen LogP contribution in [0.15, 0.2) is 60.8 Å². The minimum absolute atomic E-state index is 0.0918. The minimum atomic E-state index is -0.798. The smallest absolute Gasteiger partial charge is 0.306 e. The monoisotopic (exact) mass is 923 g/mol. The van der Waals surface area contributed by atoms with Crippen molar-refractivity contribution in [1.29, 1.82) is 0 Å². The van der Waals surface area contributed by atoms with Crippen LogP contribution in [0.1, 0.15) is 284 Å². The molecule has 0 N–H and O–H groups in total. The molecule has 6 heteroatoms. The summed E-state index contributed by atoms with van der Waals surface area (Å²) in [6.07, 6.45) is 67.8. The molecule has 0 aromatic rings. The van der Waals surface area contributed by atoms with Gasteiger partial charge in [0.25, 0.3) is 0 Å². The lowest BCUT2D eigenvalue weighted by Gasteiger charge is -2.18. The van der Waals surface area contributed by atoms with E-state index in [0.29, 0.717) is 19.3 Å². The van der Waals surface area contributed by atoms with Crippen LogP contribution in [0, 0.1) is 0 Å². The van der Waals surface area contributed by atoms with Gasteiger partial charge in [0.05, 0.1) is 0 Å². The van der Waals surface area contributed by atoms with Crippen LogP contribution in [0.25, 0.3) is 0 Å². The van der Waals surface area contributed by atoms with Gasteiger partial charge in [-0.25, -0.2) is 0 Å². The lowest BCUT2D eigenvalue weighted by Crippen LogP contribution is -2.30. The zero-order valence-corrected chi connectivity index (χ0v) is 43.7. The van der Waals surface area contributed by atoms with Crippen molar-refractivity contribution in [1.82, 2.24) is 0 Å². The normalized spacial score (nSPS) is 12.5. The van der Waals surface area contributed by atoms with Gasteiger partial charge in [0.15, 0.2) is 6.10 Å². The van der Waals surface area contributed by atoms with Crippen molar-refractivity contribution in [3.63, 3.8) is 0 Å². The summed E-state index contributed by atoms with van der Waals surface area (Å²) in [6.45, 7) is 6.55. The maximum Gasteiger partial charge on any atom is 0.306 e. The molecule has 382 valence electrons. The third-order valence-electron chi connectivity index (χ3n) is 12.2. The first-order valence-electron chi connectivity index (χ1n) is 28.3. The van der Waals surface area contributed by atoms with Gasteiger partial charge in [-0.3, -0.25) is 14.4 Å². The van der Waals surface area contributed by atoms with Gasteiger partial charge in [0.1, 0.15) is 13.2 Å². The number of hydrogen-bond donors (Lipinski definition) is 0. The molecule has 6 nitrogen and oxygen atoms in total. The van der Waals surface area contributed by atoms with Crippen LogP contribution in [0.5, 0.6) is 0 Å². The Morgan fingerprint density at radius 1 is 0.303 bits per heavy atom. The highest BCUT2D eigenvalue weighted by Crippen LogP contribution is 2.16. The number of carbonyl (C=O) groups is 3. The summed E-state index contributed by atoms with van der Waals surface area (Å²) in [5, 5.41) is 0. The Hall–Kier alpha value is -2.89. The SMILES string of the molecule is CCCC/C=C\C/C=C\CCCCCCCC(=O)OC[C@H](COC(=O)CCCCCCCCCCCCCCCCCCCCC)OC(=O)CCCC/C=C\C/C=C\C/C=C\CCCCC. The van der Waals surface area contributed by atoms with Crippen molar-refractivity contribution in [2.75, 3.05) is 13.2 Å². The van der Waals surface area contributed by atoms with Crippen LogP contribution in [-0.2, 0) is 28.6 Å². The summed E-state index contributed by atoms with van der Waals surface area (Å²) in [5.41, 5.74) is 0. The number of esters is 3. The Morgan fingerprint density at radius 3 is 0.955 bits per heavy atom. The van der Waals surface area contributed by atoms with Gasteiger partial charge in [0, 0.05) is 19.3 Å². The average molecular weight is 924 g/mol. The predicted molar refractivity (Wildman–Crippen MR) is 284 cm³/mol. The second-order valence-electron chi connectivity index (χ2n) is 18.8. The number of unbranched alkanes of at least 4 members (excludes halogenated alkanes) is 30. The van der Waals surface area contributed by atoms with Gasteiger partial charge >= 0.3 is 17.9 Å². The van der Waals surface area contributed by atoms with Crippen LogP contribution in [0.4, 0.5) is 0 Å². The fourth-order valence-corrected chi connectivity index (χ4v) is 7.94. The molecule has 0 spiro atoms. The molecule has 0 aliphatic carbocycles. The Labute approximate surface area is 409 Å². The third-order valence-corrected chi connectivity index (χ3v) is 12.2. The molecule has 0 saturated carbocycles.